The van der Waals surface area contributed by atoms with Crippen LogP contribution in [0.1, 0.15) is 11.1 Å². The van der Waals surface area contributed by atoms with E-state index in [0.717, 1.165) is 11.1 Å². The number of urea groups is 1. The zero-order valence-electron chi connectivity index (χ0n) is 12.6. The Balaban J connectivity index is 1.73. The molecule has 0 atom stereocenters. The van der Waals surface area contributed by atoms with Crippen LogP contribution in [0, 0.1) is 0 Å². The second kappa shape index (κ2) is 7.47. The quantitative estimate of drug-likeness (QED) is 0.541. The third-order valence-electron chi connectivity index (χ3n) is 3.39. The minimum Gasteiger partial charge on any atom is -0.488 e. The summed E-state index contributed by atoms with van der Waals surface area (Å²) in [6.07, 6.45) is 1.57. The first-order chi connectivity index (χ1) is 11.9. The van der Waals surface area contributed by atoms with Crippen molar-refractivity contribution in [1.29, 1.82) is 0 Å². The third-order valence-corrected chi connectivity index (χ3v) is 4.59. The van der Waals surface area contributed by atoms with Gasteiger partial charge in [0.15, 0.2) is 0 Å². The summed E-state index contributed by atoms with van der Waals surface area (Å²) in [5.41, 5.74) is 1.74. The van der Waals surface area contributed by atoms with Crippen LogP contribution in [0.4, 0.5) is 4.79 Å². The van der Waals surface area contributed by atoms with Gasteiger partial charge in [-0.3, -0.25) is 10.1 Å². The number of carbonyl (C=O) groups is 2. The largest absolute Gasteiger partial charge is 0.488 e. The predicted molar refractivity (Wildman–Crippen MR) is 99.6 cm³/mol. The van der Waals surface area contributed by atoms with Gasteiger partial charge in [-0.1, -0.05) is 35.3 Å². The molecule has 3 amide bonds. The van der Waals surface area contributed by atoms with E-state index in [-0.39, 0.29) is 12.3 Å². The van der Waals surface area contributed by atoms with Gasteiger partial charge in [0.2, 0.25) is 0 Å². The molecular formula is C17H11BrCl2N2O3. The minimum absolute atomic E-state index is 0.193. The molecule has 3 rings (SSSR count). The first kappa shape index (κ1) is 17.8. The number of nitrogens with one attached hydrogen (secondary N) is 2. The monoisotopic (exact) mass is 440 g/mol. The van der Waals surface area contributed by atoms with Crippen molar-refractivity contribution in [3.8, 4) is 5.75 Å². The Hall–Kier alpha value is -2.02. The number of carbonyl (C=O) groups excluding carboxylic acids is 2. The van der Waals surface area contributed by atoms with E-state index >= 15 is 0 Å². The van der Waals surface area contributed by atoms with Crippen molar-refractivity contribution in [2.24, 2.45) is 0 Å². The first-order valence-corrected chi connectivity index (χ1v) is 8.67. The van der Waals surface area contributed by atoms with Crippen LogP contribution in [0.2, 0.25) is 10.0 Å². The van der Waals surface area contributed by atoms with E-state index in [9.17, 15) is 9.59 Å². The summed E-state index contributed by atoms with van der Waals surface area (Å²) in [5.74, 6) is 0.159. The van der Waals surface area contributed by atoms with Crippen molar-refractivity contribution in [2.75, 3.05) is 0 Å². The molecule has 1 heterocycles. The number of hydrogen-bond donors (Lipinski definition) is 2. The highest BCUT2D eigenvalue weighted by Crippen LogP contribution is 2.29. The summed E-state index contributed by atoms with van der Waals surface area (Å²) in [6, 6.07) is 9.99. The Bertz CT molecular complexity index is 899. The number of rotatable bonds is 4. The number of hydrogen-bond acceptors (Lipinski definition) is 3. The zero-order chi connectivity index (χ0) is 18.0. The lowest BCUT2D eigenvalue weighted by atomic mass is 10.2. The van der Waals surface area contributed by atoms with Crippen LogP contribution in [-0.2, 0) is 11.4 Å². The van der Waals surface area contributed by atoms with Crippen LogP contribution in [0.5, 0.6) is 5.75 Å². The lowest BCUT2D eigenvalue weighted by Gasteiger charge is -2.10. The van der Waals surface area contributed by atoms with E-state index < -0.39 is 11.9 Å². The molecule has 0 aromatic heterocycles. The molecule has 1 saturated heterocycles. The summed E-state index contributed by atoms with van der Waals surface area (Å²) in [6.45, 7) is 0.285. The standard InChI is InChI=1S/C17H11BrCl2N2O3/c18-12-5-9(6-14-16(23)22-17(24)21-14)1-4-15(12)25-8-10-2-3-11(19)7-13(10)20/h1-7H,8H2,(H2,21,22,23,24). The molecule has 2 N–H and O–H groups in total. The molecule has 0 bridgehead atoms. The van der Waals surface area contributed by atoms with Gasteiger partial charge in [-0.15, -0.1) is 0 Å². The number of halogens is 3. The molecule has 0 radical (unpaired) electrons. The molecule has 0 saturated carbocycles. The summed E-state index contributed by atoms with van der Waals surface area (Å²) >= 11 is 15.4. The molecule has 2 aromatic carbocycles. The van der Waals surface area contributed by atoms with Crippen LogP contribution in [0.3, 0.4) is 0 Å². The molecule has 2 aromatic rings. The summed E-state index contributed by atoms with van der Waals surface area (Å²) in [7, 11) is 0. The van der Waals surface area contributed by atoms with Crippen LogP contribution in [0.15, 0.2) is 46.6 Å². The average Bonchev–Trinajstić information content (AvgIpc) is 2.85. The molecule has 0 unspecified atom stereocenters. The van der Waals surface area contributed by atoms with Crippen molar-refractivity contribution in [3.63, 3.8) is 0 Å². The van der Waals surface area contributed by atoms with Crippen LogP contribution in [0.25, 0.3) is 6.08 Å². The van der Waals surface area contributed by atoms with Crippen molar-refractivity contribution in [3.05, 3.63) is 67.7 Å². The van der Waals surface area contributed by atoms with Gasteiger partial charge in [-0.05, 0) is 51.8 Å². The molecule has 0 aliphatic carbocycles. The molecule has 1 aliphatic heterocycles. The molecule has 0 spiro atoms. The van der Waals surface area contributed by atoms with Gasteiger partial charge in [0, 0.05) is 15.6 Å². The van der Waals surface area contributed by atoms with Crippen LogP contribution in [-0.4, -0.2) is 11.9 Å². The Morgan fingerprint density at radius 2 is 1.88 bits per heavy atom. The van der Waals surface area contributed by atoms with E-state index in [1.54, 1.807) is 42.5 Å². The number of benzene rings is 2. The lowest BCUT2D eigenvalue weighted by Crippen LogP contribution is -2.22. The summed E-state index contributed by atoms with van der Waals surface area (Å²) in [5, 5.41) is 5.68. The lowest BCUT2D eigenvalue weighted by molar-refractivity contribution is -0.115. The van der Waals surface area contributed by atoms with Crippen molar-refractivity contribution in [1.82, 2.24) is 10.6 Å². The van der Waals surface area contributed by atoms with Gasteiger partial charge >= 0.3 is 6.03 Å². The fraction of sp³-hybridized carbons (Fsp3) is 0.0588. The summed E-state index contributed by atoms with van der Waals surface area (Å²) in [4.78, 5) is 22.6. The second-order valence-electron chi connectivity index (χ2n) is 5.18. The molecule has 128 valence electrons. The average molecular weight is 442 g/mol. The zero-order valence-corrected chi connectivity index (χ0v) is 15.7. The van der Waals surface area contributed by atoms with Crippen LogP contribution < -0.4 is 15.4 Å². The minimum atomic E-state index is -0.532. The van der Waals surface area contributed by atoms with E-state index in [0.29, 0.717) is 20.3 Å². The Morgan fingerprint density at radius 3 is 2.52 bits per heavy atom. The maximum absolute atomic E-state index is 11.5. The molecule has 1 fully saturated rings. The van der Waals surface area contributed by atoms with E-state index in [1.807, 2.05) is 0 Å². The van der Waals surface area contributed by atoms with E-state index in [4.69, 9.17) is 27.9 Å². The number of ether oxygens (including phenoxy) is 1. The summed E-state index contributed by atoms with van der Waals surface area (Å²) < 4.78 is 6.47. The topological polar surface area (TPSA) is 67.4 Å². The van der Waals surface area contributed by atoms with Crippen LogP contribution >= 0.6 is 39.1 Å². The normalized spacial score (nSPS) is 15.2. The SMILES string of the molecule is O=C1NC(=O)C(=Cc2ccc(OCc3ccc(Cl)cc3Cl)c(Br)c2)N1. The smallest absolute Gasteiger partial charge is 0.326 e. The van der Waals surface area contributed by atoms with E-state index in [2.05, 4.69) is 26.6 Å². The van der Waals surface area contributed by atoms with Gasteiger partial charge in [-0.25, -0.2) is 4.79 Å². The first-order valence-electron chi connectivity index (χ1n) is 7.12. The molecule has 5 nitrogen and oxygen atoms in total. The van der Waals surface area contributed by atoms with Gasteiger partial charge in [-0.2, -0.15) is 0 Å². The number of amides is 3. The van der Waals surface area contributed by atoms with Crippen molar-refractivity contribution >= 4 is 57.1 Å². The van der Waals surface area contributed by atoms with Crippen molar-refractivity contribution in [2.45, 2.75) is 6.61 Å². The molecule has 1 aliphatic rings. The fourth-order valence-corrected chi connectivity index (χ4v) is 3.14. The Kier molecular flexibility index (Phi) is 5.32. The predicted octanol–water partition coefficient (Wildman–Crippen LogP) is 4.52. The molecule has 8 heteroatoms. The van der Waals surface area contributed by atoms with Crippen molar-refractivity contribution < 1.29 is 14.3 Å². The third kappa shape index (κ3) is 4.34. The van der Waals surface area contributed by atoms with E-state index in [1.165, 1.54) is 0 Å². The highest BCUT2D eigenvalue weighted by molar-refractivity contribution is 9.10. The highest BCUT2D eigenvalue weighted by Gasteiger charge is 2.22. The Morgan fingerprint density at radius 1 is 1.08 bits per heavy atom. The fourth-order valence-electron chi connectivity index (χ4n) is 2.17. The van der Waals surface area contributed by atoms with Gasteiger partial charge in [0.1, 0.15) is 18.1 Å². The molecule has 25 heavy (non-hydrogen) atoms. The maximum Gasteiger partial charge on any atom is 0.326 e. The van der Waals surface area contributed by atoms with Gasteiger partial charge < -0.3 is 10.1 Å². The number of imide groups is 1. The van der Waals surface area contributed by atoms with Gasteiger partial charge in [0.05, 0.1) is 4.47 Å². The Labute approximate surface area is 162 Å². The van der Waals surface area contributed by atoms with Gasteiger partial charge in [0.25, 0.3) is 5.91 Å². The maximum atomic E-state index is 11.5. The second-order valence-corrected chi connectivity index (χ2v) is 6.88. The highest BCUT2D eigenvalue weighted by atomic mass is 79.9. The molecular weight excluding hydrogens is 431 g/mol.